The minimum atomic E-state index is -0.600. The van der Waals surface area contributed by atoms with E-state index in [0.717, 1.165) is 11.1 Å². The molecule has 0 aliphatic carbocycles. The number of aryl methyl sites for hydroxylation is 1. The first-order valence-corrected chi connectivity index (χ1v) is 6.82. The number of carbonyl (C=O) groups excluding carboxylic acids is 1. The summed E-state index contributed by atoms with van der Waals surface area (Å²) < 4.78 is 1.70. The summed E-state index contributed by atoms with van der Waals surface area (Å²) in [6, 6.07) is 12.9. The van der Waals surface area contributed by atoms with E-state index in [1.54, 1.807) is 16.9 Å². The quantitative estimate of drug-likeness (QED) is 0.789. The van der Waals surface area contributed by atoms with Crippen LogP contribution >= 0.6 is 0 Å². The Labute approximate surface area is 127 Å². The van der Waals surface area contributed by atoms with E-state index in [2.05, 4.69) is 15.3 Å². The van der Waals surface area contributed by atoms with Crippen LogP contribution in [0.3, 0.4) is 0 Å². The number of hydrogen-bond acceptors (Lipinski definition) is 4. The molecular formula is C16H15N5O. The van der Waals surface area contributed by atoms with Crippen molar-refractivity contribution in [3.63, 3.8) is 0 Å². The van der Waals surface area contributed by atoms with Gasteiger partial charge < -0.3 is 5.73 Å². The molecule has 22 heavy (non-hydrogen) atoms. The molecule has 3 aromatic rings. The third-order valence-corrected chi connectivity index (χ3v) is 3.40. The van der Waals surface area contributed by atoms with Gasteiger partial charge >= 0.3 is 0 Å². The Morgan fingerprint density at radius 3 is 2.45 bits per heavy atom. The summed E-state index contributed by atoms with van der Waals surface area (Å²) in [6.07, 6.45) is 3.57. The lowest BCUT2D eigenvalue weighted by Gasteiger charge is -2.12. The first-order chi connectivity index (χ1) is 10.6. The number of benzene rings is 1. The number of nitrogens with two attached hydrogens (primary N) is 1. The van der Waals surface area contributed by atoms with Gasteiger partial charge in [0.1, 0.15) is 5.92 Å². The van der Waals surface area contributed by atoms with Crippen molar-refractivity contribution < 1.29 is 4.79 Å². The van der Waals surface area contributed by atoms with Crippen molar-refractivity contribution in [2.24, 2.45) is 12.8 Å². The van der Waals surface area contributed by atoms with E-state index in [-0.39, 0.29) is 0 Å². The number of amides is 1. The van der Waals surface area contributed by atoms with Crippen molar-refractivity contribution in [3.8, 4) is 11.3 Å². The Hall–Kier alpha value is -3.02. The third-order valence-electron chi connectivity index (χ3n) is 3.40. The minimum absolute atomic E-state index is 0.449. The molecule has 0 aliphatic rings. The lowest BCUT2D eigenvalue weighted by atomic mass is 9.95. The molecule has 1 atom stereocenters. The summed E-state index contributed by atoms with van der Waals surface area (Å²) in [6.45, 7) is 0. The molecule has 0 bridgehead atoms. The molecule has 1 aromatic carbocycles. The van der Waals surface area contributed by atoms with E-state index in [4.69, 9.17) is 5.73 Å². The largest absolute Gasteiger partial charge is 0.369 e. The van der Waals surface area contributed by atoms with Crippen LogP contribution in [0.25, 0.3) is 11.3 Å². The summed E-state index contributed by atoms with van der Waals surface area (Å²) in [4.78, 5) is 11.8. The molecule has 1 unspecified atom stereocenters. The van der Waals surface area contributed by atoms with Gasteiger partial charge in [0.05, 0.1) is 17.6 Å². The summed E-state index contributed by atoms with van der Waals surface area (Å²) >= 11 is 0. The van der Waals surface area contributed by atoms with Gasteiger partial charge in [-0.25, -0.2) is 0 Å². The van der Waals surface area contributed by atoms with Crippen LogP contribution in [0.15, 0.2) is 54.9 Å². The van der Waals surface area contributed by atoms with Crippen LogP contribution in [-0.4, -0.2) is 25.9 Å². The fourth-order valence-electron chi connectivity index (χ4n) is 2.33. The van der Waals surface area contributed by atoms with E-state index in [1.165, 1.54) is 0 Å². The summed E-state index contributed by atoms with van der Waals surface area (Å²) in [7, 11) is 1.84. The first kappa shape index (κ1) is 13.9. The van der Waals surface area contributed by atoms with Gasteiger partial charge in [0.15, 0.2) is 0 Å². The zero-order chi connectivity index (χ0) is 15.5. The molecule has 110 valence electrons. The Bertz CT molecular complexity index is 780. The van der Waals surface area contributed by atoms with Crippen molar-refractivity contribution in [3.05, 3.63) is 66.1 Å². The lowest BCUT2D eigenvalue weighted by Crippen LogP contribution is -2.23. The highest BCUT2D eigenvalue weighted by Gasteiger charge is 2.22. The molecule has 3 rings (SSSR count). The maximum Gasteiger partial charge on any atom is 0.231 e. The monoisotopic (exact) mass is 293 g/mol. The maximum absolute atomic E-state index is 11.8. The van der Waals surface area contributed by atoms with Crippen molar-refractivity contribution in [1.29, 1.82) is 0 Å². The van der Waals surface area contributed by atoms with Crippen LogP contribution in [0.1, 0.15) is 17.2 Å². The van der Waals surface area contributed by atoms with Crippen LogP contribution in [0.2, 0.25) is 0 Å². The van der Waals surface area contributed by atoms with Crippen LogP contribution in [0.4, 0.5) is 0 Å². The first-order valence-electron chi connectivity index (χ1n) is 6.82. The van der Waals surface area contributed by atoms with E-state index in [0.29, 0.717) is 11.4 Å². The lowest BCUT2D eigenvalue weighted by molar-refractivity contribution is -0.118. The smallest absolute Gasteiger partial charge is 0.231 e. The molecule has 0 aliphatic heterocycles. The van der Waals surface area contributed by atoms with Crippen LogP contribution in [0.5, 0.6) is 0 Å². The van der Waals surface area contributed by atoms with E-state index < -0.39 is 11.8 Å². The predicted octanol–water partition coefficient (Wildman–Crippen LogP) is 1.49. The molecule has 6 nitrogen and oxygen atoms in total. The topological polar surface area (TPSA) is 86.7 Å². The highest BCUT2D eigenvalue weighted by Crippen LogP contribution is 2.23. The van der Waals surface area contributed by atoms with Crippen molar-refractivity contribution in [2.45, 2.75) is 5.92 Å². The normalized spacial score (nSPS) is 12.0. The zero-order valence-corrected chi connectivity index (χ0v) is 12.0. The molecule has 2 N–H and O–H groups in total. The maximum atomic E-state index is 11.8. The second kappa shape index (κ2) is 5.77. The molecule has 0 spiro atoms. The SMILES string of the molecule is Cn1cc(-c2ccc(C(C(N)=O)c3ccccc3)nn2)cn1. The van der Waals surface area contributed by atoms with Crippen LogP contribution in [0, 0.1) is 0 Å². The van der Waals surface area contributed by atoms with Gasteiger partial charge in [0, 0.05) is 18.8 Å². The van der Waals surface area contributed by atoms with E-state index >= 15 is 0 Å². The van der Waals surface area contributed by atoms with Gasteiger partial charge in [-0.15, -0.1) is 0 Å². The second-order valence-electron chi connectivity index (χ2n) is 4.99. The Kier molecular flexibility index (Phi) is 3.65. The molecular weight excluding hydrogens is 278 g/mol. The van der Waals surface area contributed by atoms with Crippen LogP contribution < -0.4 is 5.73 Å². The highest BCUT2D eigenvalue weighted by atomic mass is 16.1. The zero-order valence-electron chi connectivity index (χ0n) is 12.0. The molecule has 0 fully saturated rings. The minimum Gasteiger partial charge on any atom is -0.369 e. The number of hydrogen-bond donors (Lipinski definition) is 1. The number of aromatic nitrogens is 4. The van der Waals surface area contributed by atoms with Crippen molar-refractivity contribution in [2.75, 3.05) is 0 Å². The van der Waals surface area contributed by atoms with Gasteiger partial charge in [-0.1, -0.05) is 30.3 Å². The predicted molar refractivity (Wildman–Crippen MR) is 81.7 cm³/mol. The average Bonchev–Trinajstić information content (AvgIpc) is 2.95. The number of rotatable bonds is 4. The second-order valence-corrected chi connectivity index (χ2v) is 4.99. The Balaban J connectivity index is 1.95. The standard InChI is InChI=1S/C16H15N5O/c1-21-10-12(9-18-21)13-7-8-14(20-19-13)15(16(17)22)11-5-3-2-4-6-11/h2-10,15H,1H3,(H2,17,22). The van der Waals surface area contributed by atoms with E-state index in [9.17, 15) is 4.79 Å². The molecule has 6 heteroatoms. The Morgan fingerprint density at radius 2 is 1.91 bits per heavy atom. The molecule has 0 radical (unpaired) electrons. The fraction of sp³-hybridized carbons (Fsp3) is 0.125. The van der Waals surface area contributed by atoms with Crippen LogP contribution in [-0.2, 0) is 11.8 Å². The van der Waals surface area contributed by atoms with Crippen molar-refractivity contribution in [1.82, 2.24) is 20.0 Å². The summed E-state index contributed by atoms with van der Waals surface area (Å²) in [5, 5.41) is 12.5. The summed E-state index contributed by atoms with van der Waals surface area (Å²) in [5.41, 5.74) is 8.45. The fourth-order valence-corrected chi connectivity index (χ4v) is 2.33. The number of nitrogens with zero attached hydrogens (tertiary/aromatic N) is 4. The molecule has 1 amide bonds. The van der Waals surface area contributed by atoms with Gasteiger partial charge in [-0.3, -0.25) is 9.48 Å². The van der Waals surface area contributed by atoms with Gasteiger partial charge in [-0.2, -0.15) is 15.3 Å². The van der Waals surface area contributed by atoms with Crippen molar-refractivity contribution >= 4 is 5.91 Å². The average molecular weight is 293 g/mol. The van der Waals surface area contributed by atoms with Gasteiger partial charge in [-0.05, 0) is 17.7 Å². The Morgan fingerprint density at radius 1 is 1.14 bits per heavy atom. The molecule has 2 aromatic heterocycles. The third kappa shape index (κ3) is 2.71. The summed E-state index contributed by atoms with van der Waals surface area (Å²) in [5.74, 6) is -1.05. The number of carbonyl (C=O) groups is 1. The van der Waals surface area contributed by atoms with Gasteiger partial charge in [0.2, 0.25) is 5.91 Å². The number of primary amides is 1. The van der Waals surface area contributed by atoms with E-state index in [1.807, 2.05) is 49.6 Å². The highest BCUT2D eigenvalue weighted by molar-refractivity contribution is 5.85. The van der Waals surface area contributed by atoms with Gasteiger partial charge in [0.25, 0.3) is 0 Å². The molecule has 0 saturated carbocycles. The molecule has 2 heterocycles. The molecule has 0 saturated heterocycles.